The normalized spacial score (nSPS) is 16.5. The Kier molecular flexibility index (Phi) is 33.3. The van der Waals surface area contributed by atoms with Gasteiger partial charge in [-0.25, -0.2) is 9.97 Å². The van der Waals surface area contributed by atoms with Crippen molar-refractivity contribution in [2.24, 2.45) is 23.7 Å². The largest absolute Gasteiger partial charge is 0.492 e. The van der Waals surface area contributed by atoms with Crippen molar-refractivity contribution in [2.75, 3.05) is 59.0 Å². The number of pyridine rings is 2. The van der Waals surface area contributed by atoms with Crippen LogP contribution in [0, 0.1) is 23.7 Å². The molecule has 10 rings (SSSR count). The molecule has 4 unspecified atom stereocenters. The molecular formula is C94H132N6O6S2. The second kappa shape index (κ2) is 43.1. The number of carbonyl (C=O) groups is 4. The van der Waals surface area contributed by atoms with E-state index in [1.54, 1.807) is 35.1 Å². The van der Waals surface area contributed by atoms with E-state index < -0.39 is 0 Å². The van der Waals surface area contributed by atoms with Gasteiger partial charge in [-0.2, -0.15) is 0 Å². The van der Waals surface area contributed by atoms with Gasteiger partial charge in [0.1, 0.15) is 23.1 Å². The Balaban J connectivity index is 1.08. The summed E-state index contributed by atoms with van der Waals surface area (Å²) in [5.74, 6) is 3.59. The first kappa shape index (κ1) is 83.6. The fourth-order valence-electron chi connectivity index (χ4n) is 16.7. The van der Waals surface area contributed by atoms with Gasteiger partial charge in [-0.3, -0.25) is 29.0 Å². The van der Waals surface area contributed by atoms with Crippen molar-refractivity contribution in [3.8, 4) is 42.1 Å². The molecule has 4 aliphatic rings. The van der Waals surface area contributed by atoms with Gasteiger partial charge in [0, 0.05) is 70.6 Å². The molecule has 0 radical (unpaired) electrons. The monoisotopic (exact) mass is 1500 g/mol. The number of benzene rings is 2. The smallest absolute Gasteiger partial charge is 0.261 e. The summed E-state index contributed by atoms with van der Waals surface area (Å²) < 4.78 is 14.3. The first-order valence-electron chi connectivity index (χ1n) is 43.4. The third kappa shape index (κ3) is 20.6. The summed E-state index contributed by atoms with van der Waals surface area (Å²) in [7, 11) is 0. The summed E-state index contributed by atoms with van der Waals surface area (Å²) in [5.41, 5.74) is 8.54. The Labute approximate surface area is 658 Å². The lowest BCUT2D eigenvalue weighted by Crippen LogP contribution is -2.34. The van der Waals surface area contributed by atoms with Crippen molar-refractivity contribution in [1.29, 1.82) is 0 Å². The van der Waals surface area contributed by atoms with Gasteiger partial charge in [0.2, 0.25) is 0 Å². The molecule has 0 bridgehead atoms. The van der Waals surface area contributed by atoms with E-state index in [2.05, 4.69) is 118 Å². The molecule has 586 valence electrons. The number of fused-ring (bicyclic) bond motifs is 4. The molecule has 4 aliphatic heterocycles. The highest BCUT2D eigenvalue weighted by atomic mass is 32.1. The number of unbranched alkanes of at least 4 members (excludes halogenated alkanes) is 22. The predicted molar refractivity (Wildman–Crippen MR) is 458 cm³/mol. The van der Waals surface area contributed by atoms with Crippen molar-refractivity contribution >= 4 is 91.6 Å². The molecule has 12 nitrogen and oxygen atoms in total. The quantitative estimate of drug-likeness (QED) is 0.0273. The van der Waals surface area contributed by atoms with Crippen LogP contribution in [0.5, 0.6) is 11.5 Å². The molecular weight excluding hydrogens is 1370 g/mol. The number of hydrogen-bond donors (Lipinski definition) is 0. The number of nitrogens with zero attached hydrogens (tertiary/aromatic N) is 6. The number of aromatic nitrogens is 2. The lowest BCUT2D eigenvalue weighted by Gasteiger charge is -2.24. The Hall–Kier alpha value is -6.90. The van der Waals surface area contributed by atoms with Crippen molar-refractivity contribution < 1.29 is 28.7 Å². The Bertz CT molecular complexity index is 3700. The van der Waals surface area contributed by atoms with Gasteiger partial charge < -0.3 is 19.3 Å². The average Bonchev–Trinajstić information content (AvgIpc) is 1.58. The second-order valence-corrected chi connectivity index (χ2v) is 33.8. The van der Waals surface area contributed by atoms with E-state index in [9.17, 15) is 0 Å². The van der Waals surface area contributed by atoms with E-state index in [0.29, 0.717) is 85.2 Å². The molecule has 14 heteroatoms. The molecule has 4 amide bonds. The summed E-state index contributed by atoms with van der Waals surface area (Å²) in [5, 5.41) is 0. The lowest BCUT2D eigenvalue weighted by molar-refractivity contribution is -0.114. The average molecular weight is 1510 g/mol. The highest BCUT2D eigenvalue weighted by molar-refractivity contribution is 7.26. The summed E-state index contributed by atoms with van der Waals surface area (Å²) >= 11 is 3.43. The van der Waals surface area contributed by atoms with E-state index in [1.807, 2.05) is 43.9 Å². The predicted octanol–water partition coefficient (Wildman–Crippen LogP) is 26.3. The molecule has 6 aromatic rings. The van der Waals surface area contributed by atoms with E-state index in [4.69, 9.17) is 19.4 Å². The maximum atomic E-state index is 15.7. The number of thiophene rings is 2. The van der Waals surface area contributed by atoms with E-state index >= 15 is 19.2 Å². The minimum atomic E-state index is -0.139. The molecule has 0 saturated carbocycles. The van der Waals surface area contributed by atoms with Crippen molar-refractivity contribution in [3.63, 3.8) is 0 Å². The number of rotatable bonds is 51. The van der Waals surface area contributed by atoms with Crippen LogP contribution in [0.1, 0.15) is 323 Å². The molecule has 0 saturated heterocycles. The van der Waals surface area contributed by atoms with E-state index in [0.717, 1.165) is 204 Å². The third-order valence-corrected chi connectivity index (χ3v) is 26.2. The summed E-state index contributed by atoms with van der Waals surface area (Å²) in [4.78, 5) is 83.5. The highest BCUT2D eigenvalue weighted by Gasteiger charge is 2.46. The van der Waals surface area contributed by atoms with Gasteiger partial charge in [0.15, 0.2) is 0 Å². The third-order valence-electron chi connectivity index (χ3n) is 23.7. The maximum Gasteiger partial charge on any atom is 0.261 e. The standard InChI is InChI=1S/C94H132N6O6S2/c1-11-21-27-29-31-33-35-37-39-41-57-105-79-61-81(71-51-53-73-77(59-71)97(63-67(17-7)45-23-13-3)91(101)83(73)85-75-49-43-55-95-89(75)99(93(85)103)65-69(19-9)47-25-15-5)107-87(79)88-80(106-58-42-40-38-36-34-32-30-28-22-12-2)62-82(108-88)72-52-54-74-78(60-72)98(64-68(18-8)46-24-14-4)92(102)84(74)86-76-50-44-56-96-90(76)100(94(86)104)66-70(20-10)48-26-16-6/h43-44,49-56,59-62,67-70H,11-42,45-48,57-58,63-66H2,1-10H3/b85-83+,86-84+. The zero-order valence-corrected chi connectivity index (χ0v) is 69.7. The first-order chi connectivity index (χ1) is 52.9. The minimum absolute atomic E-state index is 0.119. The number of hydrogen-bond acceptors (Lipinski definition) is 10. The van der Waals surface area contributed by atoms with Gasteiger partial charge in [-0.05, 0) is 122 Å². The van der Waals surface area contributed by atoms with Crippen molar-refractivity contribution in [2.45, 2.75) is 300 Å². The zero-order chi connectivity index (χ0) is 76.3. The molecule has 0 fully saturated rings. The molecule has 8 heterocycles. The molecule has 0 aliphatic carbocycles. The summed E-state index contributed by atoms with van der Waals surface area (Å²) in [6, 6.07) is 25.2. The fraction of sp³-hybridized carbons (Fsp3) is 0.596. The highest BCUT2D eigenvalue weighted by Crippen LogP contribution is 2.55. The first-order valence-corrected chi connectivity index (χ1v) is 45.0. The Morgan fingerprint density at radius 2 is 0.630 bits per heavy atom. The minimum Gasteiger partial charge on any atom is -0.492 e. The van der Waals surface area contributed by atoms with Crippen LogP contribution in [-0.2, 0) is 19.2 Å². The number of ether oxygens (including phenoxy) is 2. The Morgan fingerprint density at radius 3 is 0.954 bits per heavy atom. The van der Waals surface area contributed by atoms with Gasteiger partial charge in [0.05, 0.1) is 56.6 Å². The van der Waals surface area contributed by atoms with Crippen molar-refractivity contribution in [3.05, 3.63) is 107 Å². The van der Waals surface area contributed by atoms with Crippen LogP contribution < -0.4 is 29.1 Å². The topological polar surface area (TPSA) is 125 Å². The van der Waals surface area contributed by atoms with Crippen LogP contribution in [0.2, 0.25) is 0 Å². The zero-order valence-electron chi connectivity index (χ0n) is 68.0. The molecule has 108 heavy (non-hydrogen) atoms. The number of amides is 4. The second-order valence-electron chi connectivity index (χ2n) is 31.7. The van der Waals surface area contributed by atoms with E-state index in [-0.39, 0.29) is 35.5 Å². The van der Waals surface area contributed by atoms with Gasteiger partial charge in [0.25, 0.3) is 23.6 Å². The van der Waals surface area contributed by atoms with Crippen molar-refractivity contribution in [1.82, 2.24) is 9.97 Å². The lowest BCUT2D eigenvalue weighted by atomic mass is 9.96. The maximum absolute atomic E-state index is 15.7. The van der Waals surface area contributed by atoms with Crippen LogP contribution in [0.25, 0.3) is 52.9 Å². The van der Waals surface area contributed by atoms with Gasteiger partial charge in [-0.1, -0.05) is 286 Å². The molecule has 0 spiro atoms. The summed E-state index contributed by atoms with van der Waals surface area (Å²) in [6.07, 6.45) is 44.7. The van der Waals surface area contributed by atoms with Crippen LogP contribution >= 0.6 is 22.7 Å². The van der Waals surface area contributed by atoms with Gasteiger partial charge >= 0.3 is 0 Å². The van der Waals surface area contributed by atoms with Crippen LogP contribution in [0.3, 0.4) is 0 Å². The molecule has 4 atom stereocenters. The SMILES string of the molecule is CCCCCCCCCCCCOc1cc(-c2ccc3c(c2)N(CC(CC)CCCC)C(=O)/C3=C2/C(=O)N(CC(CC)CCCC)c3ncccc32)sc1-c1sc(-c2ccc3c(c2)N(CC(CC)CCCC)C(=O)/C3=C2/C(=O)N(CC(CC)CCCC)c3ncccc32)cc1OCCCCCCCCCCCC. The summed E-state index contributed by atoms with van der Waals surface area (Å²) in [6.45, 7) is 25.8. The molecule has 0 N–H and O–H groups in total. The number of carbonyl (C=O) groups excluding carboxylic acids is 4. The Morgan fingerprint density at radius 1 is 0.333 bits per heavy atom. The van der Waals surface area contributed by atoms with Gasteiger partial charge in [-0.15, -0.1) is 22.7 Å². The number of anilines is 4. The van der Waals surface area contributed by atoms with Crippen LogP contribution in [0.4, 0.5) is 23.0 Å². The molecule has 4 aromatic heterocycles. The van der Waals surface area contributed by atoms with Crippen LogP contribution in [0.15, 0.2) is 85.2 Å². The van der Waals surface area contributed by atoms with Crippen LogP contribution in [-0.4, -0.2) is 73.0 Å². The van der Waals surface area contributed by atoms with E-state index in [1.165, 1.54) is 103 Å². The fourth-order valence-corrected chi connectivity index (χ4v) is 19.1. The molecule has 2 aromatic carbocycles.